The van der Waals surface area contributed by atoms with Gasteiger partial charge in [0.2, 0.25) is 0 Å². The van der Waals surface area contributed by atoms with Gasteiger partial charge in [-0.25, -0.2) is 14.4 Å². The standard InChI is InChI=1S/C15H15FN4OS/c1-10-14(18-8-17-10)7-22-5-4-20-9-19-13-3-2-11(16)6-12(13)15(20)21/h2-3,6,8-9H,4-5,7H2,1H3,(H,17,18). The molecule has 7 heteroatoms. The number of nitrogens with zero attached hydrogens (tertiary/aromatic N) is 3. The van der Waals surface area contributed by atoms with Crippen molar-refractivity contribution in [3.05, 3.63) is 58.4 Å². The Balaban J connectivity index is 1.68. The molecular formula is C15H15FN4OS. The molecule has 0 saturated carbocycles. The number of halogens is 1. The van der Waals surface area contributed by atoms with Crippen LogP contribution in [0.25, 0.3) is 10.9 Å². The Bertz CT molecular complexity index is 858. The molecule has 3 aromatic rings. The molecule has 1 aromatic carbocycles. The van der Waals surface area contributed by atoms with Crippen molar-refractivity contribution in [3.63, 3.8) is 0 Å². The van der Waals surface area contributed by atoms with Gasteiger partial charge in [0, 0.05) is 23.7 Å². The van der Waals surface area contributed by atoms with E-state index >= 15 is 0 Å². The van der Waals surface area contributed by atoms with E-state index < -0.39 is 5.82 Å². The number of hydrogen-bond donors (Lipinski definition) is 1. The third-order valence-electron chi connectivity index (χ3n) is 3.44. The fraction of sp³-hybridized carbons (Fsp3) is 0.267. The minimum atomic E-state index is -0.424. The van der Waals surface area contributed by atoms with E-state index in [1.54, 1.807) is 18.1 Å². The number of nitrogens with one attached hydrogen (secondary N) is 1. The second-order valence-corrected chi connectivity index (χ2v) is 6.04. The van der Waals surface area contributed by atoms with Crippen molar-refractivity contribution in [1.29, 1.82) is 0 Å². The average Bonchev–Trinajstić information content (AvgIpc) is 2.91. The van der Waals surface area contributed by atoms with E-state index in [-0.39, 0.29) is 5.56 Å². The van der Waals surface area contributed by atoms with Crippen molar-refractivity contribution in [1.82, 2.24) is 19.5 Å². The van der Waals surface area contributed by atoms with Gasteiger partial charge in [0.15, 0.2) is 0 Å². The van der Waals surface area contributed by atoms with Crippen LogP contribution in [0.2, 0.25) is 0 Å². The van der Waals surface area contributed by atoms with Crippen LogP contribution in [0.4, 0.5) is 4.39 Å². The lowest BCUT2D eigenvalue weighted by Crippen LogP contribution is -2.21. The third-order valence-corrected chi connectivity index (χ3v) is 4.38. The zero-order chi connectivity index (χ0) is 15.5. The van der Waals surface area contributed by atoms with Crippen LogP contribution in [0.15, 0.2) is 35.6 Å². The van der Waals surface area contributed by atoms with Crippen LogP contribution in [0.1, 0.15) is 11.4 Å². The Kier molecular flexibility index (Phi) is 4.24. The summed E-state index contributed by atoms with van der Waals surface area (Å²) in [4.78, 5) is 23.7. The highest BCUT2D eigenvalue weighted by molar-refractivity contribution is 7.98. The Morgan fingerprint density at radius 3 is 3.00 bits per heavy atom. The van der Waals surface area contributed by atoms with E-state index in [2.05, 4.69) is 15.0 Å². The normalized spacial score (nSPS) is 11.2. The van der Waals surface area contributed by atoms with Crippen LogP contribution in [-0.2, 0) is 12.3 Å². The van der Waals surface area contributed by atoms with Crippen molar-refractivity contribution in [2.75, 3.05) is 5.75 Å². The predicted molar refractivity (Wildman–Crippen MR) is 85.4 cm³/mol. The molecule has 0 aliphatic heterocycles. The Labute approximate surface area is 130 Å². The van der Waals surface area contributed by atoms with Gasteiger partial charge in [-0.3, -0.25) is 9.36 Å². The largest absolute Gasteiger partial charge is 0.348 e. The molecule has 0 fully saturated rings. The van der Waals surface area contributed by atoms with E-state index in [0.29, 0.717) is 17.4 Å². The minimum Gasteiger partial charge on any atom is -0.348 e. The lowest BCUT2D eigenvalue weighted by Gasteiger charge is -2.06. The topological polar surface area (TPSA) is 63.6 Å². The summed E-state index contributed by atoms with van der Waals surface area (Å²) in [5.41, 5.74) is 2.40. The van der Waals surface area contributed by atoms with Crippen molar-refractivity contribution in [2.24, 2.45) is 0 Å². The monoisotopic (exact) mass is 318 g/mol. The summed E-state index contributed by atoms with van der Waals surface area (Å²) in [6.07, 6.45) is 3.19. The average molecular weight is 318 g/mol. The molecule has 0 aliphatic rings. The van der Waals surface area contributed by atoms with Crippen molar-refractivity contribution in [3.8, 4) is 0 Å². The molecule has 3 rings (SSSR count). The molecule has 0 aliphatic carbocycles. The second kappa shape index (κ2) is 6.31. The van der Waals surface area contributed by atoms with Crippen LogP contribution in [0.5, 0.6) is 0 Å². The van der Waals surface area contributed by atoms with Gasteiger partial charge in [0.25, 0.3) is 5.56 Å². The molecule has 2 heterocycles. The number of thioether (sulfide) groups is 1. The molecule has 0 atom stereocenters. The number of aryl methyl sites for hydroxylation is 2. The first-order chi connectivity index (χ1) is 10.6. The molecule has 0 unspecified atom stereocenters. The summed E-state index contributed by atoms with van der Waals surface area (Å²) in [5, 5.41) is 0.315. The van der Waals surface area contributed by atoms with E-state index in [0.717, 1.165) is 22.9 Å². The first-order valence-electron chi connectivity index (χ1n) is 6.86. The maximum absolute atomic E-state index is 13.3. The maximum Gasteiger partial charge on any atom is 0.261 e. The van der Waals surface area contributed by atoms with Gasteiger partial charge in [0.05, 0.1) is 29.3 Å². The van der Waals surface area contributed by atoms with Gasteiger partial charge in [0.1, 0.15) is 5.82 Å². The molecule has 2 aromatic heterocycles. The van der Waals surface area contributed by atoms with Crippen molar-refractivity contribution < 1.29 is 4.39 Å². The Morgan fingerprint density at radius 2 is 2.23 bits per heavy atom. The number of fused-ring (bicyclic) bond motifs is 1. The molecule has 1 N–H and O–H groups in total. The van der Waals surface area contributed by atoms with Crippen LogP contribution < -0.4 is 5.56 Å². The number of imidazole rings is 1. The Hall–Kier alpha value is -2.15. The number of benzene rings is 1. The molecule has 5 nitrogen and oxygen atoms in total. The van der Waals surface area contributed by atoms with E-state index in [4.69, 9.17) is 0 Å². The number of H-pyrrole nitrogens is 1. The van der Waals surface area contributed by atoms with Crippen LogP contribution >= 0.6 is 11.8 Å². The van der Waals surface area contributed by atoms with Crippen LogP contribution in [0.3, 0.4) is 0 Å². The molecule has 22 heavy (non-hydrogen) atoms. The summed E-state index contributed by atoms with van der Waals surface area (Å²) in [6.45, 7) is 2.52. The van der Waals surface area contributed by atoms with Gasteiger partial charge < -0.3 is 4.98 Å². The van der Waals surface area contributed by atoms with Crippen molar-refractivity contribution >= 4 is 22.7 Å². The van der Waals surface area contributed by atoms with Gasteiger partial charge in [-0.1, -0.05) is 0 Å². The molecule has 114 valence electrons. The summed E-state index contributed by atoms with van der Waals surface area (Å²) < 4.78 is 14.8. The zero-order valence-corrected chi connectivity index (χ0v) is 12.9. The summed E-state index contributed by atoms with van der Waals surface area (Å²) in [7, 11) is 0. The third kappa shape index (κ3) is 3.04. The zero-order valence-electron chi connectivity index (χ0n) is 12.0. The highest BCUT2D eigenvalue weighted by Gasteiger charge is 2.06. The highest BCUT2D eigenvalue weighted by atomic mass is 32.2. The quantitative estimate of drug-likeness (QED) is 0.734. The van der Waals surface area contributed by atoms with Gasteiger partial charge in [-0.15, -0.1) is 0 Å². The van der Waals surface area contributed by atoms with E-state index in [9.17, 15) is 9.18 Å². The minimum absolute atomic E-state index is 0.207. The Morgan fingerprint density at radius 1 is 1.36 bits per heavy atom. The number of rotatable bonds is 5. The molecule has 0 radical (unpaired) electrons. The molecule has 0 bridgehead atoms. The van der Waals surface area contributed by atoms with E-state index in [1.807, 2.05) is 6.92 Å². The predicted octanol–water partition coefficient (Wildman–Crippen LogP) is 2.50. The van der Waals surface area contributed by atoms with Crippen LogP contribution in [-0.4, -0.2) is 25.3 Å². The molecule has 0 spiro atoms. The lowest BCUT2D eigenvalue weighted by atomic mass is 10.2. The van der Waals surface area contributed by atoms with Crippen LogP contribution in [0, 0.1) is 12.7 Å². The summed E-state index contributed by atoms with van der Waals surface area (Å²) >= 11 is 1.69. The van der Waals surface area contributed by atoms with Gasteiger partial charge in [-0.05, 0) is 25.1 Å². The molecule has 0 saturated heterocycles. The first-order valence-corrected chi connectivity index (χ1v) is 8.02. The fourth-order valence-corrected chi connectivity index (χ4v) is 3.11. The van der Waals surface area contributed by atoms with Crippen molar-refractivity contribution in [2.45, 2.75) is 19.2 Å². The second-order valence-electron chi connectivity index (χ2n) is 4.93. The van der Waals surface area contributed by atoms with Gasteiger partial charge in [-0.2, -0.15) is 11.8 Å². The fourth-order valence-electron chi connectivity index (χ4n) is 2.15. The summed E-state index contributed by atoms with van der Waals surface area (Å²) in [6, 6.07) is 4.06. The smallest absolute Gasteiger partial charge is 0.261 e. The number of hydrogen-bond acceptors (Lipinski definition) is 4. The summed E-state index contributed by atoms with van der Waals surface area (Å²) in [5.74, 6) is 1.13. The van der Waals surface area contributed by atoms with Gasteiger partial charge >= 0.3 is 0 Å². The highest BCUT2D eigenvalue weighted by Crippen LogP contribution is 2.13. The maximum atomic E-state index is 13.3. The first kappa shape index (κ1) is 14.8. The number of aromatic nitrogens is 4. The van der Waals surface area contributed by atoms with E-state index in [1.165, 1.54) is 29.1 Å². The molecular weight excluding hydrogens is 303 g/mol. The number of aromatic amines is 1. The molecule has 0 amide bonds. The SMILES string of the molecule is Cc1[nH]cnc1CSCCn1cnc2ccc(F)cc2c1=O. The lowest BCUT2D eigenvalue weighted by molar-refractivity contribution is 0.628.